The summed E-state index contributed by atoms with van der Waals surface area (Å²) in [6.45, 7) is 1.03. The predicted octanol–water partition coefficient (Wildman–Crippen LogP) is 0.382. The molecule has 0 radical (unpaired) electrons. The minimum atomic E-state index is -4.74. The Labute approximate surface area is 171 Å². The Morgan fingerprint density at radius 1 is 1.33 bits per heavy atom. The van der Waals surface area contributed by atoms with Crippen molar-refractivity contribution in [2.24, 2.45) is 0 Å². The third-order valence-corrected chi connectivity index (χ3v) is 5.04. The first-order chi connectivity index (χ1) is 14.2. The van der Waals surface area contributed by atoms with Crippen molar-refractivity contribution in [2.45, 2.75) is 26.0 Å². The van der Waals surface area contributed by atoms with Crippen LogP contribution in [-0.2, 0) is 26.9 Å². The molecule has 0 unspecified atom stereocenters. The number of benzene rings is 1. The lowest BCUT2D eigenvalue weighted by Gasteiger charge is -2.09. The van der Waals surface area contributed by atoms with Crippen molar-refractivity contribution in [1.29, 1.82) is 0 Å². The third kappa shape index (κ3) is 5.11. The first kappa shape index (κ1) is 21.7. The van der Waals surface area contributed by atoms with Crippen LogP contribution in [0, 0.1) is 6.92 Å². The first-order valence-electron chi connectivity index (χ1n) is 8.90. The number of aromatic hydroxyl groups is 1. The van der Waals surface area contributed by atoms with E-state index >= 15 is 0 Å². The van der Waals surface area contributed by atoms with E-state index in [0.29, 0.717) is 0 Å². The molecule has 0 amide bonds. The van der Waals surface area contributed by atoms with Crippen LogP contribution < -0.4 is 4.99 Å². The van der Waals surface area contributed by atoms with E-state index in [-0.39, 0.29) is 29.0 Å². The summed E-state index contributed by atoms with van der Waals surface area (Å²) in [6, 6.07) is 6.49. The predicted molar refractivity (Wildman–Crippen MR) is 107 cm³/mol. The molecule has 0 saturated carbocycles. The summed E-state index contributed by atoms with van der Waals surface area (Å²) in [5.74, 6) is -1.35. The van der Waals surface area contributed by atoms with Gasteiger partial charge in [-0.1, -0.05) is 18.2 Å². The number of H-pyrrole nitrogens is 1. The normalized spacial score (nSPS) is 13.2. The maximum Gasteiger partial charge on any atom is 0.469 e. The van der Waals surface area contributed by atoms with E-state index in [1.807, 2.05) is 24.3 Å². The van der Waals surface area contributed by atoms with E-state index in [1.165, 1.54) is 12.4 Å². The second kappa shape index (κ2) is 8.76. The number of carboxylic acid groups (broad SMARTS) is 1. The molecular formula is C19H21N3O7P+. The van der Waals surface area contributed by atoms with Crippen molar-refractivity contribution >= 4 is 30.9 Å². The zero-order chi connectivity index (χ0) is 21.9. The van der Waals surface area contributed by atoms with Crippen LogP contribution in [0.5, 0.6) is 5.75 Å². The number of carboxylic acids is 1. The molecule has 3 rings (SSSR count). The number of aromatic nitrogens is 2. The van der Waals surface area contributed by atoms with Gasteiger partial charge in [0.2, 0.25) is 0 Å². The molecular weight excluding hydrogens is 413 g/mol. The molecule has 2 heterocycles. The molecule has 0 aliphatic heterocycles. The van der Waals surface area contributed by atoms with Crippen LogP contribution in [0.4, 0.5) is 0 Å². The molecule has 3 aromatic rings. The number of hydrogen-bond acceptors (Lipinski definition) is 5. The van der Waals surface area contributed by atoms with Gasteiger partial charge in [-0.2, -0.15) is 0 Å². The summed E-state index contributed by atoms with van der Waals surface area (Å²) in [6.07, 6.45) is 4.49. The quantitative estimate of drug-likeness (QED) is 0.219. The van der Waals surface area contributed by atoms with Gasteiger partial charge in [0.1, 0.15) is 5.75 Å². The number of fused-ring (bicyclic) bond motifs is 1. The zero-order valence-electron chi connectivity index (χ0n) is 15.9. The molecule has 11 heteroatoms. The number of para-hydroxylation sites is 1. The van der Waals surface area contributed by atoms with Crippen LogP contribution in [0.25, 0.3) is 10.9 Å². The smallest absolute Gasteiger partial charge is 0.469 e. The number of aromatic amines is 1. The Hall–Kier alpha value is -3.04. The summed E-state index contributed by atoms with van der Waals surface area (Å²) in [7, 11) is -4.74. The van der Waals surface area contributed by atoms with Crippen LogP contribution in [-0.4, -0.2) is 48.2 Å². The number of aryl methyl sites for hydroxylation is 1. The van der Waals surface area contributed by atoms with Gasteiger partial charge in [-0.05, 0) is 18.6 Å². The number of phosphoric acid groups is 1. The number of rotatable bonds is 8. The van der Waals surface area contributed by atoms with Gasteiger partial charge >= 0.3 is 13.8 Å². The van der Waals surface area contributed by atoms with E-state index in [9.17, 15) is 19.6 Å². The van der Waals surface area contributed by atoms with Crippen molar-refractivity contribution in [3.63, 3.8) is 0 Å². The average Bonchev–Trinajstić information content (AvgIpc) is 3.09. The Balaban J connectivity index is 1.90. The molecule has 0 saturated heterocycles. The zero-order valence-corrected chi connectivity index (χ0v) is 16.8. The first-order valence-corrected chi connectivity index (χ1v) is 10.4. The minimum absolute atomic E-state index is 0.140. The monoisotopic (exact) mass is 434 g/mol. The topological polar surface area (TPSA) is 167 Å². The molecule has 30 heavy (non-hydrogen) atoms. The molecule has 0 spiro atoms. The molecule has 1 aromatic carbocycles. The van der Waals surface area contributed by atoms with Crippen LogP contribution in [0.2, 0.25) is 0 Å². The van der Waals surface area contributed by atoms with Crippen LogP contribution in [0.3, 0.4) is 0 Å². The lowest BCUT2D eigenvalue weighted by Crippen LogP contribution is -2.80. The van der Waals surface area contributed by atoms with E-state index < -0.39 is 26.4 Å². The summed E-state index contributed by atoms with van der Waals surface area (Å²) in [4.78, 5) is 39.4. The minimum Gasteiger partial charge on any atom is -0.505 e. The fourth-order valence-corrected chi connectivity index (χ4v) is 3.31. The average molecular weight is 434 g/mol. The number of aliphatic carboxylic acids is 1. The highest BCUT2D eigenvalue weighted by Gasteiger charge is 2.25. The largest absolute Gasteiger partial charge is 0.505 e. The molecule has 158 valence electrons. The second-order valence-corrected chi connectivity index (χ2v) is 7.90. The van der Waals surface area contributed by atoms with Gasteiger partial charge in [-0.25, -0.2) is 14.4 Å². The van der Waals surface area contributed by atoms with Crippen molar-refractivity contribution in [2.75, 3.05) is 0 Å². The molecule has 6 N–H and O–H groups in total. The van der Waals surface area contributed by atoms with E-state index in [1.54, 1.807) is 13.1 Å². The van der Waals surface area contributed by atoms with Gasteiger partial charge in [-0.15, -0.1) is 0 Å². The number of carbonyl (C=O) groups is 1. The van der Waals surface area contributed by atoms with Gasteiger partial charge in [0.05, 0.1) is 17.9 Å². The molecule has 1 atom stereocenters. The molecule has 0 aliphatic rings. The third-order valence-electron chi connectivity index (χ3n) is 4.57. The molecule has 10 nitrogen and oxygen atoms in total. The van der Waals surface area contributed by atoms with E-state index in [0.717, 1.165) is 16.5 Å². The van der Waals surface area contributed by atoms with Crippen LogP contribution in [0.1, 0.15) is 22.4 Å². The number of nitrogens with one attached hydrogen (secondary N) is 2. The SMILES string of the molecule is Cc1ncc(COP(=O)(O)O)c(C=[NH+][C@H](Cc2c[nH]c3ccccc23)C(=O)O)c1O. The highest BCUT2D eigenvalue weighted by Crippen LogP contribution is 2.37. The van der Waals surface area contributed by atoms with Crippen molar-refractivity contribution in [1.82, 2.24) is 9.97 Å². The van der Waals surface area contributed by atoms with Crippen LogP contribution in [0.15, 0.2) is 36.7 Å². The Bertz CT molecular complexity index is 1150. The lowest BCUT2D eigenvalue weighted by molar-refractivity contribution is -0.484. The number of nitrogens with zero attached hydrogens (tertiary/aromatic N) is 1. The fourth-order valence-electron chi connectivity index (χ4n) is 3.00. The number of phosphoric ester groups is 1. The molecule has 0 aliphatic carbocycles. The standard InChI is InChI=1S/C19H20N3O7P/c1-11-18(23)15(13(8-20-11)10-29-30(26,27)28)9-22-17(19(24)25)6-12-7-21-16-5-3-2-4-14(12)16/h2-5,7-9,17,21,23H,6,10H2,1H3,(H,24,25)(H2,26,27,28)/p+1/t17-/m1/s1. The lowest BCUT2D eigenvalue weighted by atomic mass is 10.0. The van der Waals surface area contributed by atoms with E-state index in [2.05, 4.69) is 19.5 Å². The maximum atomic E-state index is 11.8. The van der Waals surface area contributed by atoms with Crippen molar-refractivity contribution in [3.05, 3.63) is 59.0 Å². The van der Waals surface area contributed by atoms with Crippen LogP contribution >= 0.6 is 7.82 Å². The summed E-state index contributed by atoms with van der Waals surface area (Å²) in [5, 5.41) is 20.9. The number of hydrogen-bond donors (Lipinski definition) is 6. The van der Waals surface area contributed by atoms with Gasteiger partial charge in [-0.3, -0.25) is 9.51 Å². The van der Waals surface area contributed by atoms with Gasteiger partial charge in [0.25, 0.3) is 6.04 Å². The molecule has 0 fully saturated rings. The number of pyridine rings is 1. The van der Waals surface area contributed by atoms with Gasteiger partial charge in [0, 0.05) is 35.3 Å². The maximum absolute atomic E-state index is 11.8. The van der Waals surface area contributed by atoms with Gasteiger partial charge < -0.3 is 25.0 Å². The summed E-state index contributed by atoms with van der Waals surface area (Å²) >= 11 is 0. The molecule has 2 aromatic heterocycles. The Morgan fingerprint density at radius 3 is 2.77 bits per heavy atom. The van der Waals surface area contributed by atoms with Crippen molar-refractivity contribution < 1.29 is 38.9 Å². The highest BCUT2D eigenvalue weighted by molar-refractivity contribution is 7.46. The van der Waals surface area contributed by atoms with Crippen molar-refractivity contribution in [3.8, 4) is 5.75 Å². The summed E-state index contributed by atoms with van der Waals surface area (Å²) < 4.78 is 15.5. The Kier molecular flexibility index (Phi) is 6.33. The second-order valence-electron chi connectivity index (χ2n) is 6.66. The van der Waals surface area contributed by atoms with E-state index in [4.69, 9.17) is 9.79 Å². The fraction of sp³-hybridized carbons (Fsp3) is 0.211. The van der Waals surface area contributed by atoms with Gasteiger partial charge in [0.15, 0.2) is 6.21 Å². The highest BCUT2D eigenvalue weighted by atomic mass is 31.2. The molecule has 0 bridgehead atoms. The summed E-state index contributed by atoms with van der Waals surface area (Å²) in [5.41, 5.74) is 2.29. The Morgan fingerprint density at radius 2 is 2.07 bits per heavy atom.